The summed E-state index contributed by atoms with van der Waals surface area (Å²) in [6, 6.07) is 8.84. The lowest BCUT2D eigenvalue weighted by Gasteiger charge is -2.20. The van der Waals surface area contributed by atoms with Gasteiger partial charge in [0.1, 0.15) is 5.82 Å². The van der Waals surface area contributed by atoms with Crippen LogP contribution in [0.15, 0.2) is 36.7 Å². The smallest absolute Gasteiger partial charge is 0.224 e. The molecule has 1 aromatic heterocycles. The highest BCUT2D eigenvalue weighted by atomic mass is 16.2. The van der Waals surface area contributed by atoms with E-state index in [4.69, 9.17) is 0 Å². The van der Waals surface area contributed by atoms with Gasteiger partial charge in [0.05, 0.1) is 6.54 Å². The van der Waals surface area contributed by atoms with Crippen LogP contribution in [0.5, 0.6) is 0 Å². The monoisotopic (exact) mass is 350 g/mol. The number of hydrogen-bond acceptors (Lipinski definition) is 3. The van der Waals surface area contributed by atoms with Gasteiger partial charge in [-0.1, -0.05) is 24.3 Å². The molecule has 3 atom stereocenters. The van der Waals surface area contributed by atoms with Gasteiger partial charge in [-0.15, -0.1) is 0 Å². The normalized spacial score (nSPS) is 27.3. The summed E-state index contributed by atoms with van der Waals surface area (Å²) in [4.78, 5) is 19.6. The van der Waals surface area contributed by atoms with E-state index < -0.39 is 0 Å². The summed E-state index contributed by atoms with van der Waals surface area (Å²) in [5.41, 5.74) is 2.79. The van der Waals surface area contributed by atoms with Gasteiger partial charge in [0.2, 0.25) is 5.91 Å². The molecular formula is C21H26N4O. The van der Waals surface area contributed by atoms with Gasteiger partial charge in [-0.3, -0.25) is 9.69 Å². The Labute approximate surface area is 154 Å². The van der Waals surface area contributed by atoms with Gasteiger partial charge in [0, 0.05) is 44.0 Å². The zero-order valence-corrected chi connectivity index (χ0v) is 15.3. The Morgan fingerprint density at radius 1 is 1.19 bits per heavy atom. The van der Waals surface area contributed by atoms with E-state index >= 15 is 0 Å². The number of likely N-dealkylation sites (tertiary alicyclic amines) is 1. The molecule has 5 heteroatoms. The van der Waals surface area contributed by atoms with Crippen molar-refractivity contribution in [2.24, 2.45) is 17.8 Å². The zero-order chi connectivity index (χ0) is 17.7. The van der Waals surface area contributed by atoms with Gasteiger partial charge in [-0.25, -0.2) is 4.98 Å². The summed E-state index contributed by atoms with van der Waals surface area (Å²) in [5, 5.41) is 3.32. The molecule has 2 aliphatic carbocycles. The van der Waals surface area contributed by atoms with Gasteiger partial charge in [-0.2, -0.15) is 0 Å². The van der Waals surface area contributed by atoms with Crippen LogP contribution in [-0.4, -0.2) is 39.5 Å². The van der Waals surface area contributed by atoms with Crippen LogP contribution in [-0.2, 0) is 30.7 Å². The van der Waals surface area contributed by atoms with Crippen molar-refractivity contribution in [3.8, 4) is 0 Å². The largest absolute Gasteiger partial charge is 0.352 e. The standard InChI is InChI=1S/C21H26N4O/c1-2-25-8-7-22-19(25)13-24-11-17-18(12-24)20(17)21(26)23-16-9-14-5-3-4-6-15(14)10-16/h3-8,16-18,20H,2,9-13H2,1H3,(H,23,26)/t17-,18+,20?. The van der Waals surface area contributed by atoms with Crippen molar-refractivity contribution in [2.75, 3.05) is 13.1 Å². The summed E-state index contributed by atoms with van der Waals surface area (Å²) in [5.74, 6) is 2.75. The van der Waals surface area contributed by atoms with Gasteiger partial charge in [0.15, 0.2) is 0 Å². The van der Waals surface area contributed by atoms with Gasteiger partial charge >= 0.3 is 0 Å². The third-order valence-electron chi connectivity index (χ3n) is 6.48. The minimum absolute atomic E-state index is 0.237. The topological polar surface area (TPSA) is 50.2 Å². The molecule has 136 valence electrons. The van der Waals surface area contributed by atoms with Gasteiger partial charge < -0.3 is 9.88 Å². The molecule has 3 aliphatic rings. The molecule has 2 fully saturated rings. The van der Waals surface area contributed by atoms with Crippen LogP contribution in [0.25, 0.3) is 0 Å². The molecule has 5 rings (SSSR count). The summed E-state index contributed by atoms with van der Waals surface area (Å²) in [6.45, 7) is 6.08. The van der Waals surface area contributed by atoms with Gasteiger partial charge in [-0.05, 0) is 42.7 Å². The third-order valence-corrected chi connectivity index (χ3v) is 6.48. The average molecular weight is 350 g/mol. The Hall–Kier alpha value is -2.14. The van der Waals surface area contributed by atoms with Crippen LogP contribution in [0.1, 0.15) is 23.9 Å². The number of carbonyl (C=O) groups is 1. The lowest BCUT2D eigenvalue weighted by Crippen LogP contribution is -2.38. The Balaban J connectivity index is 1.13. The number of amides is 1. The third kappa shape index (κ3) is 2.75. The summed E-state index contributed by atoms with van der Waals surface area (Å²) in [6.07, 6.45) is 5.89. The highest BCUT2D eigenvalue weighted by molar-refractivity contribution is 5.83. The van der Waals surface area contributed by atoms with Crippen LogP contribution in [0, 0.1) is 17.8 Å². The second-order valence-electron chi connectivity index (χ2n) is 8.06. The molecule has 1 amide bonds. The Morgan fingerprint density at radius 3 is 2.54 bits per heavy atom. The molecule has 1 saturated carbocycles. The number of aryl methyl sites for hydroxylation is 1. The minimum Gasteiger partial charge on any atom is -0.352 e. The predicted molar refractivity (Wildman–Crippen MR) is 99.4 cm³/mol. The lowest BCUT2D eigenvalue weighted by atomic mass is 10.1. The summed E-state index contributed by atoms with van der Waals surface area (Å²) < 4.78 is 2.20. The van der Waals surface area contributed by atoms with Crippen LogP contribution in [0.2, 0.25) is 0 Å². The minimum atomic E-state index is 0.237. The van der Waals surface area contributed by atoms with E-state index in [2.05, 4.69) is 51.0 Å². The average Bonchev–Trinajstić information content (AvgIpc) is 3.06. The first kappa shape index (κ1) is 16.1. The molecule has 1 N–H and O–H groups in total. The number of aromatic nitrogens is 2. The molecule has 5 nitrogen and oxygen atoms in total. The number of benzene rings is 1. The maximum atomic E-state index is 12.7. The molecule has 2 aromatic rings. The SMILES string of the molecule is CCn1ccnc1CN1C[C@@H]2C(C(=O)NC3Cc4ccccc4C3)[C@@H]2C1. The number of imidazole rings is 1. The molecule has 1 aliphatic heterocycles. The second-order valence-corrected chi connectivity index (χ2v) is 8.06. The van der Waals surface area contributed by atoms with E-state index in [0.29, 0.717) is 11.8 Å². The Bertz CT molecular complexity index is 792. The quantitative estimate of drug-likeness (QED) is 0.896. The van der Waals surface area contributed by atoms with E-state index in [9.17, 15) is 4.79 Å². The summed E-state index contributed by atoms with van der Waals surface area (Å²) in [7, 11) is 0. The van der Waals surface area contributed by atoms with E-state index in [0.717, 1.165) is 44.8 Å². The predicted octanol–water partition coefficient (Wildman–Crippen LogP) is 1.86. The van der Waals surface area contributed by atoms with E-state index in [-0.39, 0.29) is 17.9 Å². The summed E-state index contributed by atoms with van der Waals surface area (Å²) >= 11 is 0. The van der Waals surface area contributed by atoms with Gasteiger partial charge in [0.25, 0.3) is 0 Å². The fraction of sp³-hybridized carbons (Fsp3) is 0.524. The Morgan fingerprint density at radius 2 is 1.88 bits per heavy atom. The number of piperidine rings is 1. The highest BCUT2D eigenvalue weighted by Crippen LogP contribution is 2.52. The number of nitrogens with zero attached hydrogens (tertiary/aromatic N) is 3. The van der Waals surface area contributed by atoms with Crippen LogP contribution < -0.4 is 5.32 Å². The van der Waals surface area contributed by atoms with E-state index in [1.165, 1.54) is 11.1 Å². The number of hydrogen-bond donors (Lipinski definition) is 1. The molecule has 0 bridgehead atoms. The molecular weight excluding hydrogens is 324 g/mol. The maximum absolute atomic E-state index is 12.7. The van der Waals surface area contributed by atoms with Crippen molar-refractivity contribution in [3.63, 3.8) is 0 Å². The van der Waals surface area contributed by atoms with Crippen molar-refractivity contribution in [3.05, 3.63) is 53.6 Å². The van der Waals surface area contributed by atoms with Crippen molar-refractivity contribution in [2.45, 2.75) is 38.9 Å². The fourth-order valence-electron chi connectivity index (χ4n) is 5.07. The molecule has 2 heterocycles. The number of nitrogens with one attached hydrogen (secondary N) is 1. The second kappa shape index (κ2) is 6.23. The lowest BCUT2D eigenvalue weighted by molar-refractivity contribution is -0.123. The highest BCUT2D eigenvalue weighted by Gasteiger charge is 2.59. The molecule has 1 unspecified atom stereocenters. The molecule has 26 heavy (non-hydrogen) atoms. The zero-order valence-electron chi connectivity index (χ0n) is 15.3. The van der Waals surface area contributed by atoms with Crippen molar-refractivity contribution in [1.29, 1.82) is 0 Å². The van der Waals surface area contributed by atoms with Crippen LogP contribution >= 0.6 is 0 Å². The first-order valence-corrected chi connectivity index (χ1v) is 9.82. The maximum Gasteiger partial charge on any atom is 0.224 e. The first-order valence-electron chi connectivity index (χ1n) is 9.82. The molecule has 0 radical (unpaired) electrons. The number of rotatable bonds is 5. The molecule has 1 aromatic carbocycles. The Kier molecular flexibility index (Phi) is 3.85. The number of carbonyl (C=O) groups excluding carboxylic acids is 1. The van der Waals surface area contributed by atoms with Crippen LogP contribution in [0.4, 0.5) is 0 Å². The molecule has 0 spiro atoms. The van der Waals surface area contributed by atoms with Crippen molar-refractivity contribution < 1.29 is 4.79 Å². The fourth-order valence-corrected chi connectivity index (χ4v) is 5.07. The van der Waals surface area contributed by atoms with E-state index in [1.807, 2.05) is 12.4 Å². The van der Waals surface area contributed by atoms with Crippen molar-refractivity contribution in [1.82, 2.24) is 19.8 Å². The van der Waals surface area contributed by atoms with Crippen LogP contribution in [0.3, 0.4) is 0 Å². The van der Waals surface area contributed by atoms with Crippen molar-refractivity contribution >= 4 is 5.91 Å². The molecule has 1 saturated heterocycles. The van der Waals surface area contributed by atoms with E-state index in [1.54, 1.807) is 0 Å². The first-order chi connectivity index (χ1) is 12.7. The number of fused-ring (bicyclic) bond motifs is 2.